The van der Waals surface area contributed by atoms with Crippen LogP contribution in [0.15, 0.2) is 28.4 Å². The van der Waals surface area contributed by atoms with E-state index in [4.69, 9.17) is 32.0 Å². The minimum absolute atomic E-state index is 0.0286. The van der Waals surface area contributed by atoms with E-state index in [0.29, 0.717) is 22.3 Å². The van der Waals surface area contributed by atoms with Crippen LogP contribution in [0.5, 0.6) is 0 Å². The smallest absolute Gasteiger partial charge is 0.152 e. The zero-order valence-electron chi connectivity index (χ0n) is 19.9. The predicted molar refractivity (Wildman–Crippen MR) is 136 cm³/mol. The third kappa shape index (κ3) is 4.84. The molecule has 0 saturated carbocycles. The molecule has 5 heterocycles. The lowest BCUT2D eigenvalue weighted by molar-refractivity contribution is 0.0973. The van der Waals surface area contributed by atoms with Crippen LogP contribution in [0.2, 0.25) is 5.02 Å². The molecule has 0 amide bonds. The van der Waals surface area contributed by atoms with Gasteiger partial charge in [0, 0.05) is 61.3 Å². The molecule has 3 aliphatic rings. The molecule has 0 radical (unpaired) electrons. The van der Waals surface area contributed by atoms with E-state index >= 15 is 0 Å². The van der Waals surface area contributed by atoms with Gasteiger partial charge in [0.05, 0.1) is 30.5 Å². The molecule has 3 aliphatic heterocycles. The van der Waals surface area contributed by atoms with Gasteiger partial charge in [-0.15, -0.1) is 0 Å². The number of hydrogen-bond acceptors (Lipinski definition) is 10. The van der Waals surface area contributed by atoms with E-state index < -0.39 is 0 Å². The van der Waals surface area contributed by atoms with Crippen molar-refractivity contribution >= 4 is 35.0 Å². The molecule has 3 atom stereocenters. The molecule has 35 heavy (non-hydrogen) atoms. The van der Waals surface area contributed by atoms with Crippen molar-refractivity contribution in [2.45, 2.75) is 54.9 Å². The topological polar surface area (TPSA) is 121 Å². The summed E-state index contributed by atoms with van der Waals surface area (Å²) < 4.78 is 5.83. The van der Waals surface area contributed by atoms with Crippen LogP contribution in [-0.4, -0.2) is 76.7 Å². The summed E-state index contributed by atoms with van der Waals surface area (Å²) in [5.41, 5.74) is 7.04. The standard InChI is InChI=1S/C24H33ClN6O3S/c1-15-21(26)24(14-34-15)4-8-30(9-5-24)22-17(13-33)29-19(10-28-22)35-18-2-6-27-23(20(18)25)31-7-3-16(11-31)12-32/h2,6,10,15-16,21,32-33H,3-5,7-9,11-14,26H2,1H3/t15-,16?,21+/m0/s1. The number of ether oxygens (including phenoxy) is 1. The minimum atomic E-state index is -0.191. The van der Waals surface area contributed by atoms with Gasteiger partial charge in [-0.05, 0) is 32.3 Å². The number of halogens is 1. The van der Waals surface area contributed by atoms with Crippen molar-refractivity contribution in [3.8, 4) is 0 Å². The third-order valence-corrected chi connectivity index (χ3v) is 9.20. The summed E-state index contributed by atoms with van der Waals surface area (Å²) in [6.45, 7) is 5.92. The Labute approximate surface area is 215 Å². The average Bonchev–Trinajstić information content (AvgIpc) is 3.47. The van der Waals surface area contributed by atoms with E-state index in [2.05, 4.69) is 14.8 Å². The number of rotatable bonds is 6. The number of piperidine rings is 1. The van der Waals surface area contributed by atoms with Gasteiger partial charge in [-0.1, -0.05) is 23.4 Å². The van der Waals surface area contributed by atoms with Crippen LogP contribution in [0.1, 0.15) is 31.9 Å². The maximum atomic E-state index is 10.1. The summed E-state index contributed by atoms with van der Waals surface area (Å²) in [4.78, 5) is 19.0. The number of aromatic nitrogens is 3. The molecule has 0 aliphatic carbocycles. The van der Waals surface area contributed by atoms with Crippen LogP contribution in [0.25, 0.3) is 0 Å². The highest BCUT2D eigenvalue weighted by Gasteiger charge is 2.47. The first kappa shape index (κ1) is 25.0. The normalized spacial score (nSPS) is 26.1. The van der Waals surface area contributed by atoms with Gasteiger partial charge < -0.3 is 30.5 Å². The Morgan fingerprint density at radius 1 is 1.20 bits per heavy atom. The van der Waals surface area contributed by atoms with Crippen molar-refractivity contribution < 1.29 is 14.9 Å². The van der Waals surface area contributed by atoms with Gasteiger partial charge >= 0.3 is 0 Å². The number of hydrogen-bond donors (Lipinski definition) is 3. The Morgan fingerprint density at radius 3 is 2.66 bits per heavy atom. The molecular weight excluding hydrogens is 488 g/mol. The van der Waals surface area contributed by atoms with Crippen molar-refractivity contribution in [2.75, 3.05) is 49.2 Å². The number of anilines is 2. The SMILES string of the molecule is C[C@@H]1OCC2(CCN(c3ncc(Sc4ccnc(N5CCC(CO)C5)c4Cl)nc3CO)CC2)[C@@H]1N. The molecule has 0 bridgehead atoms. The Hall–Kier alpha value is -1.69. The van der Waals surface area contributed by atoms with Crippen LogP contribution >= 0.6 is 23.4 Å². The summed E-state index contributed by atoms with van der Waals surface area (Å²) in [6.07, 6.45) is 6.37. The molecule has 1 spiro atoms. The highest BCUT2D eigenvalue weighted by Crippen LogP contribution is 2.43. The largest absolute Gasteiger partial charge is 0.396 e. The number of nitrogens with zero attached hydrogens (tertiary/aromatic N) is 5. The summed E-state index contributed by atoms with van der Waals surface area (Å²) >= 11 is 8.13. The Bertz CT molecular complexity index is 1050. The zero-order valence-corrected chi connectivity index (χ0v) is 21.5. The van der Waals surface area contributed by atoms with Crippen molar-refractivity contribution in [2.24, 2.45) is 17.1 Å². The number of pyridine rings is 1. The van der Waals surface area contributed by atoms with E-state index in [-0.39, 0.29) is 36.7 Å². The highest BCUT2D eigenvalue weighted by molar-refractivity contribution is 7.99. The monoisotopic (exact) mass is 520 g/mol. The second-order valence-electron chi connectivity index (χ2n) is 9.86. The zero-order chi connectivity index (χ0) is 24.6. The molecule has 3 fully saturated rings. The van der Waals surface area contributed by atoms with Crippen LogP contribution in [0.4, 0.5) is 11.6 Å². The predicted octanol–water partition coefficient (Wildman–Crippen LogP) is 2.32. The molecular formula is C24H33ClN6O3S. The number of aliphatic hydroxyl groups excluding tert-OH is 2. The van der Waals surface area contributed by atoms with Gasteiger partial charge in [0.15, 0.2) is 5.82 Å². The first-order valence-electron chi connectivity index (χ1n) is 12.2. The van der Waals surface area contributed by atoms with Gasteiger partial charge in [-0.3, -0.25) is 0 Å². The lowest BCUT2D eigenvalue weighted by Crippen LogP contribution is -2.51. The average molecular weight is 521 g/mol. The highest BCUT2D eigenvalue weighted by atomic mass is 35.5. The second kappa shape index (κ2) is 10.4. The van der Waals surface area contributed by atoms with E-state index in [1.165, 1.54) is 11.8 Å². The molecule has 4 N–H and O–H groups in total. The Morgan fingerprint density at radius 2 is 2.00 bits per heavy atom. The maximum Gasteiger partial charge on any atom is 0.152 e. The molecule has 3 saturated heterocycles. The fourth-order valence-corrected chi connectivity index (χ4v) is 6.60. The van der Waals surface area contributed by atoms with Crippen molar-refractivity contribution in [3.05, 3.63) is 29.2 Å². The summed E-state index contributed by atoms with van der Waals surface area (Å²) in [7, 11) is 0. The number of aliphatic hydroxyl groups is 2. The van der Waals surface area contributed by atoms with Gasteiger partial charge in [-0.2, -0.15) is 0 Å². The Balaban J connectivity index is 1.30. The Kier molecular flexibility index (Phi) is 7.39. The molecule has 2 aromatic heterocycles. The molecule has 9 nitrogen and oxygen atoms in total. The van der Waals surface area contributed by atoms with E-state index in [1.54, 1.807) is 12.4 Å². The number of nitrogens with two attached hydrogens (primary N) is 1. The first-order chi connectivity index (χ1) is 16.9. The van der Waals surface area contributed by atoms with Crippen LogP contribution < -0.4 is 15.5 Å². The fraction of sp³-hybridized carbons (Fsp3) is 0.625. The lowest BCUT2D eigenvalue weighted by atomic mass is 9.73. The minimum Gasteiger partial charge on any atom is -0.396 e. The molecule has 1 unspecified atom stereocenters. The van der Waals surface area contributed by atoms with Crippen LogP contribution in [-0.2, 0) is 11.3 Å². The van der Waals surface area contributed by atoms with E-state index in [0.717, 1.165) is 62.0 Å². The van der Waals surface area contributed by atoms with Gasteiger partial charge in [0.25, 0.3) is 0 Å². The van der Waals surface area contributed by atoms with Crippen molar-refractivity contribution in [3.63, 3.8) is 0 Å². The second-order valence-corrected chi connectivity index (χ2v) is 11.3. The van der Waals surface area contributed by atoms with Crippen molar-refractivity contribution in [1.82, 2.24) is 15.0 Å². The first-order valence-corrected chi connectivity index (χ1v) is 13.4. The molecule has 190 valence electrons. The fourth-order valence-electron chi connectivity index (χ4n) is 5.46. The maximum absolute atomic E-state index is 10.1. The third-order valence-electron chi connectivity index (χ3n) is 7.75. The molecule has 11 heteroatoms. The van der Waals surface area contributed by atoms with Gasteiger partial charge in [0.1, 0.15) is 16.5 Å². The lowest BCUT2D eigenvalue weighted by Gasteiger charge is -2.41. The molecule has 5 rings (SSSR count). The summed E-state index contributed by atoms with van der Waals surface area (Å²) in [6, 6.07) is 1.92. The van der Waals surface area contributed by atoms with E-state index in [1.807, 2.05) is 13.0 Å². The van der Waals surface area contributed by atoms with Gasteiger partial charge in [0.2, 0.25) is 0 Å². The quantitative estimate of drug-likeness (QED) is 0.523. The van der Waals surface area contributed by atoms with Crippen LogP contribution in [0.3, 0.4) is 0 Å². The van der Waals surface area contributed by atoms with E-state index in [9.17, 15) is 10.2 Å². The molecule has 2 aromatic rings. The summed E-state index contributed by atoms with van der Waals surface area (Å²) in [5.74, 6) is 1.70. The van der Waals surface area contributed by atoms with Gasteiger partial charge in [-0.25, -0.2) is 15.0 Å². The van der Waals surface area contributed by atoms with Crippen LogP contribution in [0, 0.1) is 11.3 Å². The molecule has 0 aromatic carbocycles. The van der Waals surface area contributed by atoms with Crippen molar-refractivity contribution in [1.29, 1.82) is 0 Å². The summed E-state index contributed by atoms with van der Waals surface area (Å²) in [5, 5.41) is 20.8.